The van der Waals surface area contributed by atoms with Gasteiger partial charge in [0.1, 0.15) is 13.2 Å². The lowest BCUT2D eigenvalue weighted by atomic mass is 10.4. The number of aliphatic hydroxyl groups is 1. The summed E-state index contributed by atoms with van der Waals surface area (Å²) in [5.74, 6) is -0.811. The van der Waals surface area contributed by atoms with Crippen LogP contribution in [0.15, 0.2) is 24.3 Å². The zero-order chi connectivity index (χ0) is 16.0. The van der Waals surface area contributed by atoms with Crippen LogP contribution in [0.5, 0.6) is 0 Å². The second kappa shape index (κ2) is 13.8. The fourth-order valence-corrected chi connectivity index (χ4v) is 0.722. The monoisotopic (exact) mass is 288 g/mol. The van der Waals surface area contributed by atoms with Gasteiger partial charge >= 0.3 is 11.9 Å². The van der Waals surface area contributed by atoms with Gasteiger partial charge in [-0.15, -0.1) is 0 Å². The number of aliphatic hydroxyl groups excluding tert-OH is 1. The average Bonchev–Trinajstić information content (AvgIpc) is 2.41. The fraction of sp³-hybridized carbons (Fsp3) is 0.571. The van der Waals surface area contributed by atoms with Gasteiger partial charge < -0.3 is 19.3 Å². The summed E-state index contributed by atoms with van der Waals surface area (Å²) in [6.45, 7) is 13.2. The molecule has 1 N–H and O–H groups in total. The Morgan fingerprint density at radius 2 is 1.40 bits per heavy atom. The van der Waals surface area contributed by atoms with Crippen molar-refractivity contribution in [3.63, 3.8) is 0 Å². The minimum atomic E-state index is -0.455. The quantitative estimate of drug-likeness (QED) is 0.411. The van der Waals surface area contributed by atoms with Crippen LogP contribution in [0.3, 0.4) is 0 Å². The molecule has 0 aromatic heterocycles. The average molecular weight is 288 g/mol. The van der Waals surface area contributed by atoms with E-state index in [1.807, 2.05) is 6.92 Å². The zero-order valence-corrected chi connectivity index (χ0v) is 12.4. The summed E-state index contributed by atoms with van der Waals surface area (Å²) >= 11 is 0. The smallest absolute Gasteiger partial charge is 0.333 e. The molecular formula is C14H24O6. The van der Waals surface area contributed by atoms with E-state index in [1.165, 1.54) is 0 Å². The fourth-order valence-electron chi connectivity index (χ4n) is 0.722. The maximum atomic E-state index is 10.7. The SMILES string of the molecule is C=C(C)C(=O)OCCO.C=C(C)C(=O)OCCOCC. The van der Waals surface area contributed by atoms with Crippen LogP contribution in [-0.2, 0) is 23.8 Å². The number of hydrogen-bond donors (Lipinski definition) is 1. The van der Waals surface area contributed by atoms with E-state index in [4.69, 9.17) is 14.6 Å². The minimum absolute atomic E-state index is 0.0473. The molecule has 0 aliphatic carbocycles. The van der Waals surface area contributed by atoms with Crippen molar-refractivity contribution >= 4 is 11.9 Å². The Hall–Kier alpha value is -1.66. The molecule has 0 aliphatic heterocycles. The van der Waals surface area contributed by atoms with Crippen LogP contribution in [0.1, 0.15) is 20.8 Å². The van der Waals surface area contributed by atoms with Gasteiger partial charge in [0.25, 0.3) is 0 Å². The van der Waals surface area contributed by atoms with Crippen LogP contribution in [0, 0.1) is 0 Å². The van der Waals surface area contributed by atoms with Crippen molar-refractivity contribution in [2.45, 2.75) is 20.8 Å². The lowest BCUT2D eigenvalue weighted by Crippen LogP contribution is -2.10. The molecule has 0 aliphatic rings. The normalized spacial score (nSPS) is 9.00. The van der Waals surface area contributed by atoms with E-state index in [0.717, 1.165) is 0 Å². The molecular weight excluding hydrogens is 264 g/mol. The molecule has 0 saturated carbocycles. The molecule has 0 unspecified atom stereocenters. The lowest BCUT2D eigenvalue weighted by molar-refractivity contribution is -0.141. The van der Waals surface area contributed by atoms with Crippen LogP contribution in [0.4, 0.5) is 0 Å². The van der Waals surface area contributed by atoms with Crippen LogP contribution >= 0.6 is 0 Å². The van der Waals surface area contributed by atoms with Gasteiger partial charge in [-0.25, -0.2) is 9.59 Å². The summed E-state index contributed by atoms with van der Waals surface area (Å²) in [5.41, 5.74) is 0.768. The van der Waals surface area contributed by atoms with Gasteiger partial charge in [-0.3, -0.25) is 0 Å². The molecule has 0 radical (unpaired) electrons. The highest BCUT2D eigenvalue weighted by Gasteiger charge is 2.01. The first-order valence-electron chi connectivity index (χ1n) is 6.20. The summed E-state index contributed by atoms with van der Waals surface area (Å²) in [6, 6.07) is 0. The van der Waals surface area contributed by atoms with Crippen molar-refractivity contribution < 1.29 is 28.9 Å². The number of carbonyl (C=O) groups is 2. The van der Waals surface area contributed by atoms with E-state index >= 15 is 0 Å². The summed E-state index contributed by atoms with van der Waals surface area (Å²) in [6.07, 6.45) is 0. The first-order valence-corrected chi connectivity index (χ1v) is 6.20. The number of carbonyl (C=O) groups excluding carboxylic acids is 2. The van der Waals surface area contributed by atoms with Gasteiger partial charge in [-0.2, -0.15) is 0 Å². The predicted octanol–water partition coefficient (Wildman–Crippen LogP) is 1.24. The summed E-state index contributed by atoms with van der Waals surface area (Å²) in [7, 11) is 0. The maximum Gasteiger partial charge on any atom is 0.333 e. The summed E-state index contributed by atoms with van der Waals surface area (Å²) < 4.78 is 14.2. The van der Waals surface area contributed by atoms with Crippen molar-refractivity contribution in [1.82, 2.24) is 0 Å². The van der Waals surface area contributed by atoms with E-state index < -0.39 is 5.97 Å². The molecule has 0 spiro atoms. The summed E-state index contributed by atoms with van der Waals surface area (Å²) in [5, 5.41) is 8.19. The Labute approximate surface area is 120 Å². The lowest BCUT2D eigenvalue weighted by Gasteiger charge is -2.03. The molecule has 0 aromatic rings. The van der Waals surface area contributed by atoms with Crippen molar-refractivity contribution in [1.29, 1.82) is 0 Å². The molecule has 0 amide bonds. The molecule has 0 bridgehead atoms. The Kier molecular flexibility index (Phi) is 14.2. The number of ether oxygens (including phenoxy) is 3. The van der Waals surface area contributed by atoms with Gasteiger partial charge in [0.15, 0.2) is 0 Å². The largest absolute Gasteiger partial charge is 0.460 e. The molecule has 0 heterocycles. The predicted molar refractivity (Wildman–Crippen MR) is 75.1 cm³/mol. The Bertz CT molecular complexity index is 322. The molecule has 116 valence electrons. The van der Waals surface area contributed by atoms with Gasteiger partial charge in [0.2, 0.25) is 0 Å². The highest BCUT2D eigenvalue weighted by atomic mass is 16.6. The second-order valence-electron chi connectivity index (χ2n) is 3.75. The maximum absolute atomic E-state index is 10.7. The Balaban J connectivity index is 0. The third-order valence-electron chi connectivity index (χ3n) is 1.69. The van der Waals surface area contributed by atoms with E-state index in [-0.39, 0.29) is 19.2 Å². The van der Waals surface area contributed by atoms with Crippen molar-refractivity contribution in [3.05, 3.63) is 24.3 Å². The van der Waals surface area contributed by atoms with Crippen LogP contribution in [-0.4, -0.2) is 50.1 Å². The third kappa shape index (κ3) is 14.4. The highest BCUT2D eigenvalue weighted by molar-refractivity contribution is 5.87. The van der Waals surface area contributed by atoms with E-state index in [0.29, 0.717) is 31.0 Å². The van der Waals surface area contributed by atoms with Crippen molar-refractivity contribution in [2.75, 3.05) is 33.0 Å². The molecule has 6 heteroatoms. The van der Waals surface area contributed by atoms with Crippen LogP contribution in [0.25, 0.3) is 0 Å². The molecule has 6 nitrogen and oxygen atoms in total. The van der Waals surface area contributed by atoms with E-state index in [2.05, 4.69) is 17.9 Å². The van der Waals surface area contributed by atoms with Crippen molar-refractivity contribution in [2.24, 2.45) is 0 Å². The third-order valence-corrected chi connectivity index (χ3v) is 1.69. The zero-order valence-electron chi connectivity index (χ0n) is 12.4. The minimum Gasteiger partial charge on any atom is -0.460 e. The number of hydrogen-bond acceptors (Lipinski definition) is 6. The van der Waals surface area contributed by atoms with Gasteiger partial charge in [-0.1, -0.05) is 13.2 Å². The van der Waals surface area contributed by atoms with Gasteiger partial charge in [0, 0.05) is 17.8 Å². The summed E-state index contributed by atoms with van der Waals surface area (Å²) in [4.78, 5) is 21.2. The first kappa shape index (κ1) is 20.7. The second-order valence-corrected chi connectivity index (χ2v) is 3.75. The molecule has 0 rings (SSSR count). The molecule has 20 heavy (non-hydrogen) atoms. The van der Waals surface area contributed by atoms with E-state index in [1.54, 1.807) is 13.8 Å². The van der Waals surface area contributed by atoms with E-state index in [9.17, 15) is 9.59 Å². The standard InChI is InChI=1S/C8H14O3.C6H10O3/c1-4-10-5-6-11-8(9)7(2)3;1-5(2)6(8)9-4-3-7/h2,4-6H2,1,3H3;7H,1,3-4H2,2H3. The topological polar surface area (TPSA) is 82.1 Å². The number of rotatable bonds is 8. The number of esters is 2. The van der Waals surface area contributed by atoms with Gasteiger partial charge in [-0.05, 0) is 20.8 Å². The molecule has 0 fully saturated rings. The van der Waals surface area contributed by atoms with Crippen molar-refractivity contribution in [3.8, 4) is 0 Å². The molecule has 0 aromatic carbocycles. The van der Waals surface area contributed by atoms with Gasteiger partial charge in [0.05, 0.1) is 13.2 Å². The highest BCUT2D eigenvalue weighted by Crippen LogP contribution is 1.91. The molecule has 0 saturated heterocycles. The van der Waals surface area contributed by atoms with Crippen LogP contribution in [0.2, 0.25) is 0 Å². The first-order chi connectivity index (χ1) is 9.36. The van der Waals surface area contributed by atoms with Crippen LogP contribution < -0.4 is 0 Å². The Morgan fingerprint density at radius 3 is 1.75 bits per heavy atom. The molecule has 0 atom stereocenters. The Morgan fingerprint density at radius 1 is 0.950 bits per heavy atom.